The van der Waals surface area contributed by atoms with Crippen molar-refractivity contribution in [2.24, 2.45) is 0 Å². The van der Waals surface area contributed by atoms with E-state index < -0.39 is 15.2 Å². The molecule has 5 heteroatoms. The first-order chi connectivity index (χ1) is 6.70. The molecule has 1 unspecified atom stereocenters. The summed E-state index contributed by atoms with van der Waals surface area (Å²) in [6.45, 7) is 8.00. The third-order valence-corrected chi connectivity index (χ3v) is 4.40. The van der Waals surface area contributed by atoms with Crippen molar-refractivity contribution in [1.82, 2.24) is 4.72 Å². The summed E-state index contributed by atoms with van der Waals surface area (Å²) in [6.07, 6.45) is 5.95. The average molecular weight is 235 g/mol. The van der Waals surface area contributed by atoms with Gasteiger partial charge >= 0.3 is 5.97 Å². The molecule has 0 saturated heterocycles. The zero-order chi connectivity index (χ0) is 12.1. The van der Waals surface area contributed by atoms with E-state index in [1.807, 2.05) is 20.8 Å². The van der Waals surface area contributed by atoms with Crippen molar-refractivity contribution >= 4 is 16.5 Å². The fraction of sp³-hybridized carbons (Fsp3) is 0.800. The van der Waals surface area contributed by atoms with Crippen molar-refractivity contribution in [3.8, 4) is 0 Å². The highest BCUT2D eigenvalue weighted by Gasteiger charge is 2.30. The second-order valence-corrected chi connectivity index (χ2v) is 6.95. The van der Waals surface area contributed by atoms with Gasteiger partial charge in [0.15, 0.2) is 0 Å². The van der Waals surface area contributed by atoms with Crippen molar-refractivity contribution in [2.75, 3.05) is 13.2 Å². The summed E-state index contributed by atoms with van der Waals surface area (Å²) in [5, 5.41) is 0. The van der Waals surface area contributed by atoms with Crippen molar-refractivity contribution < 1.29 is 14.1 Å². The van der Waals surface area contributed by atoms with E-state index in [0.29, 0.717) is 13.2 Å². The molecule has 0 aliphatic heterocycles. The molecule has 2 N–H and O–H groups in total. The molecule has 0 aromatic rings. The third kappa shape index (κ3) is 5.39. The minimum atomic E-state index is -2.37. The zero-order valence-electron chi connectivity index (χ0n) is 9.87. The highest BCUT2D eigenvalue weighted by Crippen LogP contribution is 2.50. The summed E-state index contributed by atoms with van der Waals surface area (Å²) in [5.74, 6) is -0.283. The van der Waals surface area contributed by atoms with Gasteiger partial charge in [0.25, 0.3) is 0 Å². The number of carbonyl (C=O) groups excluding carboxylic acids is 1. The molecule has 2 radical (unpaired) electrons. The van der Waals surface area contributed by atoms with E-state index in [1.165, 1.54) is 0 Å². The molecule has 0 spiro atoms. The molecular weight excluding hydrogens is 214 g/mol. The van der Waals surface area contributed by atoms with E-state index in [1.54, 1.807) is 6.92 Å². The van der Waals surface area contributed by atoms with Crippen molar-refractivity contribution in [3.05, 3.63) is 6.26 Å². The van der Waals surface area contributed by atoms with Crippen molar-refractivity contribution in [2.45, 2.75) is 38.9 Å². The molecule has 0 aliphatic carbocycles. The van der Waals surface area contributed by atoms with Crippen LogP contribution in [0.3, 0.4) is 0 Å². The lowest BCUT2D eigenvalue weighted by Crippen LogP contribution is -2.34. The van der Waals surface area contributed by atoms with E-state index in [2.05, 4.69) is 4.72 Å². The Balaban J connectivity index is 3.91. The van der Waals surface area contributed by atoms with Gasteiger partial charge in [0.1, 0.15) is 0 Å². The van der Waals surface area contributed by atoms with Crippen LogP contribution in [0.5, 0.6) is 0 Å². The summed E-state index contributed by atoms with van der Waals surface area (Å²) < 4.78 is 17.0. The summed E-state index contributed by atoms with van der Waals surface area (Å²) in [6, 6.07) is 0. The predicted molar refractivity (Wildman–Crippen MR) is 63.5 cm³/mol. The SMILES string of the molecule is [CH]S(O)(NCCC(=O)OCC)C(C)(C)C. The molecule has 0 saturated carbocycles. The number of hydrogen-bond acceptors (Lipinski definition) is 4. The Kier molecular flexibility index (Phi) is 5.62. The Morgan fingerprint density at radius 3 is 2.47 bits per heavy atom. The van der Waals surface area contributed by atoms with Gasteiger partial charge < -0.3 is 9.29 Å². The number of nitrogens with one attached hydrogen (secondary N) is 1. The lowest BCUT2D eigenvalue weighted by molar-refractivity contribution is -0.142. The molecule has 0 aromatic heterocycles. The van der Waals surface area contributed by atoms with Crippen LogP contribution in [0, 0.1) is 6.26 Å². The molecule has 0 heterocycles. The van der Waals surface area contributed by atoms with Crippen molar-refractivity contribution in [1.29, 1.82) is 0 Å². The maximum atomic E-state index is 11.0. The number of hydrogen-bond donors (Lipinski definition) is 2. The number of ether oxygens (including phenoxy) is 1. The monoisotopic (exact) mass is 235 g/mol. The summed E-state index contributed by atoms with van der Waals surface area (Å²) in [5.41, 5.74) is 0. The molecule has 0 fully saturated rings. The van der Waals surface area contributed by atoms with Gasteiger partial charge in [-0.1, -0.05) is 10.5 Å². The second kappa shape index (κ2) is 5.72. The molecule has 15 heavy (non-hydrogen) atoms. The molecule has 0 aromatic carbocycles. The van der Waals surface area contributed by atoms with Gasteiger partial charge in [-0.2, -0.15) is 0 Å². The minimum absolute atomic E-state index is 0.219. The highest BCUT2D eigenvalue weighted by molar-refractivity contribution is 8.29. The number of esters is 1. The first-order valence-corrected chi connectivity index (χ1v) is 6.59. The van der Waals surface area contributed by atoms with E-state index >= 15 is 0 Å². The molecule has 0 amide bonds. The van der Waals surface area contributed by atoms with E-state index in [-0.39, 0.29) is 12.4 Å². The second-order valence-electron chi connectivity index (χ2n) is 4.19. The van der Waals surface area contributed by atoms with Crippen molar-refractivity contribution in [3.63, 3.8) is 0 Å². The molecule has 1 atom stereocenters. The maximum Gasteiger partial charge on any atom is 0.307 e. The van der Waals surface area contributed by atoms with Crippen LogP contribution in [0.2, 0.25) is 0 Å². The van der Waals surface area contributed by atoms with Gasteiger partial charge in [-0.3, -0.25) is 9.52 Å². The minimum Gasteiger partial charge on any atom is -0.466 e. The van der Waals surface area contributed by atoms with Crippen LogP contribution in [0.4, 0.5) is 0 Å². The third-order valence-electron chi connectivity index (χ3n) is 1.89. The number of rotatable bonds is 5. The first-order valence-electron chi connectivity index (χ1n) is 4.94. The average Bonchev–Trinajstić information content (AvgIpc) is 2.01. The van der Waals surface area contributed by atoms with Crippen LogP contribution in [0.25, 0.3) is 0 Å². The first kappa shape index (κ1) is 14.7. The Morgan fingerprint density at radius 1 is 1.53 bits per heavy atom. The highest BCUT2D eigenvalue weighted by atomic mass is 32.3. The lowest BCUT2D eigenvalue weighted by atomic mass is 10.3. The molecular formula is C10H21NO3S. The van der Waals surface area contributed by atoms with Gasteiger partial charge in [-0.15, -0.1) is 0 Å². The molecule has 0 bridgehead atoms. The lowest BCUT2D eigenvalue weighted by Gasteiger charge is -2.42. The van der Waals surface area contributed by atoms with Crippen LogP contribution in [0.15, 0.2) is 0 Å². The predicted octanol–water partition coefficient (Wildman–Crippen LogP) is 2.19. The maximum absolute atomic E-state index is 11.0. The summed E-state index contributed by atoms with van der Waals surface area (Å²) in [7, 11) is -2.37. The van der Waals surface area contributed by atoms with Crippen LogP contribution in [-0.2, 0) is 9.53 Å². The molecule has 0 rings (SSSR count). The van der Waals surface area contributed by atoms with Gasteiger partial charge in [-0.05, 0) is 27.7 Å². The van der Waals surface area contributed by atoms with E-state index in [9.17, 15) is 9.35 Å². The van der Waals surface area contributed by atoms with E-state index in [4.69, 9.17) is 11.0 Å². The quantitative estimate of drug-likeness (QED) is 0.717. The standard InChI is InChI=1S/C10H21NO3S/c1-6-14-9(12)7-8-11-15(5,13)10(2,3)4/h5,11,13H,6-8H2,1-4H3. The normalized spacial score (nSPS) is 18.0. The fourth-order valence-corrected chi connectivity index (χ4v) is 1.60. The Hall–Kier alpha value is -0.260. The molecule has 90 valence electrons. The topological polar surface area (TPSA) is 58.6 Å². The number of carbonyl (C=O) groups is 1. The molecule has 0 aliphatic rings. The van der Waals surface area contributed by atoms with E-state index in [0.717, 1.165) is 0 Å². The van der Waals surface area contributed by atoms with Gasteiger partial charge in [0, 0.05) is 11.3 Å². The Morgan fingerprint density at radius 2 is 2.07 bits per heavy atom. The summed E-state index contributed by atoms with van der Waals surface area (Å²) >= 11 is 0. The molecule has 4 nitrogen and oxygen atoms in total. The Labute approximate surface area is 94.0 Å². The fourth-order valence-electron chi connectivity index (χ4n) is 0.758. The van der Waals surface area contributed by atoms with Gasteiger partial charge in [0.05, 0.1) is 19.3 Å². The van der Waals surface area contributed by atoms with Crippen LogP contribution < -0.4 is 4.72 Å². The van der Waals surface area contributed by atoms with Crippen LogP contribution >= 0.6 is 10.5 Å². The zero-order valence-corrected chi connectivity index (χ0v) is 10.7. The van der Waals surface area contributed by atoms with Gasteiger partial charge in [-0.25, -0.2) is 0 Å². The Bertz CT molecular complexity index is 211. The van der Waals surface area contributed by atoms with Crippen LogP contribution in [-0.4, -0.2) is 28.4 Å². The van der Waals surface area contributed by atoms with Gasteiger partial charge in [0.2, 0.25) is 0 Å². The van der Waals surface area contributed by atoms with Crippen LogP contribution in [0.1, 0.15) is 34.1 Å². The largest absolute Gasteiger partial charge is 0.466 e. The smallest absolute Gasteiger partial charge is 0.307 e. The summed E-state index contributed by atoms with van der Waals surface area (Å²) in [4.78, 5) is 11.0.